The third kappa shape index (κ3) is 24.5. The SMILES string of the molecule is CC(=O)N[C@@H](CO)[C@@H](O)[C@H](O[C@@H]1O[C@H](CO[C@H]2O[C@H](CO[C@H]3O[C@H](CO)[C@@H](O)[C@H](O)[C@@H]3O[C@H]3O[C@H](CO)[C@@H](O)[C@H](O)[C@@H]3O)[C@@H](O)[C@H](O[C@H]3O[C@H](CO)[C@@H](O)[C@H](O)[C@@H]3O)[C@@H]2O)[C@@H](O)[C@H](O[C@H]2O[C@H](CO)[C@@H](O)[C@H](O)[C@@H]2O[C@H]2O[C@H](CO)[C@@H](O)[C@H](O)[C@@H]2O[C@H]2O[C@H](CO)[C@@H](O)[C@H](O)[C@@H]2O[C@@H]2O[C@H](CO)[C@@H](O)[C@H](O)[C@H]2O[C@@H]2O[C@H](CO)[C@@H](O)[C@H](O)[C@H]2O[C@@H]2O[C@H](CO)[C@@H](O)[C@H](O)[C@H]2O)[C@@H]1O)[C@H](O)CO. The summed E-state index contributed by atoms with van der Waals surface area (Å²) in [6.07, 6.45) is -133. The summed E-state index contributed by atoms with van der Waals surface area (Å²) in [4.78, 5) is 12.4. The molecule has 11 heterocycles. The molecular formula is C74H127NO61. The molecule has 0 aromatic rings. The summed E-state index contributed by atoms with van der Waals surface area (Å²) in [5, 5.41) is 425. The van der Waals surface area contributed by atoms with Crippen molar-refractivity contribution < 1.29 is 303 Å². The number of carbonyl (C=O) groups is 1. The highest BCUT2D eigenvalue weighted by molar-refractivity contribution is 5.73. The van der Waals surface area contributed by atoms with Crippen molar-refractivity contribution in [2.45, 2.75) is 369 Å². The van der Waals surface area contributed by atoms with E-state index in [4.69, 9.17) is 104 Å². The Morgan fingerprint density at radius 2 is 0.449 bits per heavy atom. The maximum absolute atomic E-state index is 12.7. The van der Waals surface area contributed by atoms with Gasteiger partial charge < -0.3 is 304 Å². The van der Waals surface area contributed by atoms with E-state index >= 15 is 0 Å². The lowest BCUT2D eigenvalue weighted by Gasteiger charge is -2.51. The first-order valence-electron chi connectivity index (χ1n) is 43.1. The minimum atomic E-state index is -2.74. The van der Waals surface area contributed by atoms with E-state index in [2.05, 4.69) is 5.32 Å². The van der Waals surface area contributed by atoms with Gasteiger partial charge in [-0.2, -0.15) is 0 Å². The zero-order valence-corrected chi connectivity index (χ0v) is 71.6. The lowest BCUT2D eigenvalue weighted by Crippen LogP contribution is -2.69. The molecule has 11 aliphatic rings. The van der Waals surface area contributed by atoms with Gasteiger partial charge in [0.2, 0.25) is 5.91 Å². The van der Waals surface area contributed by atoms with Crippen molar-refractivity contribution in [3.05, 3.63) is 0 Å². The zero-order chi connectivity index (χ0) is 100. The molecule has 0 unspecified atom stereocenters. The van der Waals surface area contributed by atoms with Gasteiger partial charge in [-0.15, -0.1) is 0 Å². The molecule has 0 aliphatic carbocycles. The van der Waals surface area contributed by atoms with Crippen LogP contribution in [0.15, 0.2) is 0 Å². The Kier molecular flexibility index (Phi) is 41.7. The van der Waals surface area contributed by atoms with Crippen LogP contribution in [-0.4, -0.2) is 648 Å². The molecule has 0 radical (unpaired) electrons. The van der Waals surface area contributed by atoms with E-state index in [-0.39, 0.29) is 0 Å². The van der Waals surface area contributed by atoms with Crippen molar-refractivity contribution in [2.24, 2.45) is 0 Å². The van der Waals surface area contributed by atoms with Crippen LogP contribution in [0.2, 0.25) is 0 Å². The quantitative estimate of drug-likeness (QED) is 0.0272. The molecule has 0 aromatic carbocycles. The molecule has 794 valence electrons. The first kappa shape index (κ1) is 113. The maximum Gasteiger partial charge on any atom is 0.217 e. The van der Waals surface area contributed by atoms with Crippen molar-refractivity contribution in [1.29, 1.82) is 0 Å². The topological polar surface area (TPSA) is 1000 Å². The highest BCUT2D eigenvalue weighted by atomic mass is 16.8. The fraction of sp³-hybridized carbons (Fsp3) is 0.986. The molecule has 59 atom stereocenters. The average Bonchev–Trinajstić information content (AvgIpc) is 0.774. The van der Waals surface area contributed by atoms with Gasteiger partial charge in [-0.25, -0.2) is 0 Å². The number of rotatable bonds is 39. The number of hydrogen-bond donors (Lipinski definition) is 39. The Hall–Kier alpha value is -2.93. The van der Waals surface area contributed by atoms with E-state index in [0.29, 0.717) is 0 Å². The second-order valence-electron chi connectivity index (χ2n) is 34.2. The van der Waals surface area contributed by atoms with E-state index in [1.165, 1.54) is 0 Å². The Balaban J connectivity index is 0.917. The second kappa shape index (κ2) is 50.0. The van der Waals surface area contributed by atoms with Crippen molar-refractivity contribution in [3.63, 3.8) is 0 Å². The van der Waals surface area contributed by atoms with Gasteiger partial charge in [0.15, 0.2) is 69.2 Å². The standard InChI is InChI=1S/C74H127NO61/c1-15(87)75-16(2-76)29(89)55(17(88)3-77)128-68-54(114)57(40(100)28(127-68)13-115-64-53(113)56(129-65-50(110)41(101)30(90)18(4-78)117-65)39(99)27(126-64)14-116-69-58(44(104)33(93)21(7-81)120-69)131-66-51(111)42(102)31(91)19(5-79)118-66)130-70-60(46(106)35(95)22(8-82)121-70)133-72-62(48(108)37(97)24(10-84)123-72)135-74-63(49(109)38(98)26(12-86)125-74)136-73-61(47(107)36(96)25(11-85)124-73)134-71-59(45(105)34(94)23(9-83)122-71)132-67-52(112)43(103)32(92)20(6-80)119-67/h16-74,76-86,88-114H,2-14H2,1H3,(H,75,87)/t16-,17+,18+,19+,20+,21+,22+,23+,24+,25+,26+,27+,28+,29+,30+,31+,32+,33+,34+,35+,36+,37+,38+,39+,40+,41-,42-,43-,44-,45-,46-,47-,48-,49-,50-,51-,52+,53-,54-,55+,56-,57-,58-,59+,60-,61+,62-,63-,64-,65+,66+,67-,68-,69-,70+,71-,72+,73-,74+/m0/s1. The van der Waals surface area contributed by atoms with Gasteiger partial charge in [-0.1, -0.05) is 0 Å². The number of amides is 1. The van der Waals surface area contributed by atoms with Gasteiger partial charge in [-0.3, -0.25) is 4.79 Å². The summed E-state index contributed by atoms with van der Waals surface area (Å²) >= 11 is 0. The summed E-state index contributed by atoms with van der Waals surface area (Å²) in [7, 11) is 0. The molecular weight excluding hydrogens is 1880 g/mol. The van der Waals surface area contributed by atoms with Crippen LogP contribution in [0.4, 0.5) is 0 Å². The molecule has 0 saturated carbocycles. The van der Waals surface area contributed by atoms with Crippen LogP contribution in [0.25, 0.3) is 0 Å². The van der Waals surface area contributed by atoms with E-state index in [1.807, 2.05) is 0 Å². The molecule has 11 saturated heterocycles. The first-order chi connectivity index (χ1) is 64.5. The van der Waals surface area contributed by atoms with Crippen LogP contribution in [0.1, 0.15) is 6.92 Å². The number of aliphatic hydroxyl groups is 38. The van der Waals surface area contributed by atoms with Gasteiger partial charge >= 0.3 is 0 Å². The smallest absolute Gasteiger partial charge is 0.217 e. The number of nitrogens with one attached hydrogen (secondary N) is 1. The summed E-state index contributed by atoms with van der Waals surface area (Å²) in [5.41, 5.74) is 0. The van der Waals surface area contributed by atoms with Crippen LogP contribution < -0.4 is 5.32 Å². The molecule has 39 N–H and O–H groups in total. The molecule has 11 rings (SSSR count). The summed E-state index contributed by atoms with van der Waals surface area (Å²) in [6.45, 7) is -14.7. The number of ether oxygens (including phenoxy) is 22. The fourth-order valence-electron chi connectivity index (χ4n) is 17.1. The lowest BCUT2D eigenvalue weighted by atomic mass is 9.95. The van der Waals surface area contributed by atoms with Crippen LogP contribution in [0, 0.1) is 0 Å². The van der Waals surface area contributed by atoms with Crippen molar-refractivity contribution in [2.75, 3.05) is 85.9 Å². The summed E-state index contributed by atoms with van der Waals surface area (Å²) in [5.74, 6) is -0.942. The number of hydrogen-bond acceptors (Lipinski definition) is 61. The lowest BCUT2D eigenvalue weighted by molar-refractivity contribution is -0.420. The highest BCUT2D eigenvalue weighted by Gasteiger charge is 2.63. The Morgan fingerprint density at radius 3 is 0.713 bits per heavy atom. The predicted octanol–water partition coefficient (Wildman–Crippen LogP) is -27.4. The van der Waals surface area contributed by atoms with E-state index < -0.39 is 454 Å². The molecule has 1 amide bonds. The van der Waals surface area contributed by atoms with Crippen LogP contribution in [-0.2, 0) is 109 Å². The average molecular weight is 2010 g/mol. The van der Waals surface area contributed by atoms with Gasteiger partial charge in [0.1, 0.15) is 287 Å². The molecule has 0 spiro atoms. The molecule has 62 heteroatoms. The summed E-state index contributed by atoms with van der Waals surface area (Å²) < 4.78 is 129. The highest BCUT2D eigenvalue weighted by Crippen LogP contribution is 2.42. The van der Waals surface area contributed by atoms with Crippen LogP contribution >= 0.6 is 0 Å². The van der Waals surface area contributed by atoms with E-state index in [9.17, 15) is 199 Å². The van der Waals surface area contributed by atoms with Gasteiger partial charge in [0.25, 0.3) is 0 Å². The largest absolute Gasteiger partial charge is 0.394 e. The normalized spacial score (nSPS) is 50.4. The Morgan fingerprint density at radius 1 is 0.235 bits per heavy atom. The molecule has 136 heavy (non-hydrogen) atoms. The zero-order valence-electron chi connectivity index (χ0n) is 71.6. The van der Waals surface area contributed by atoms with Crippen LogP contribution in [0.5, 0.6) is 0 Å². The maximum atomic E-state index is 12.7. The van der Waals surface area contributed by atoms with Crippen molar-refractivity contribution in [3.8, 4) is 0 Å². The third-order valence-electron chi connectivity index (χ3n) is 25.1. The Labute approximate surface area is 767 Å². The number of aliphatic hydroxyl groups excluding tert-OH is 38. The molecule has 0 aromatic heterocycles. The molecule has 0 bridgehead atoms. The fourth-order valence-corrected chi connectivity index (χ4v) is 17.1. The first-order valence-corrected chi connectivity index (χ1v) is 43.1. The van der Waals surface area contributed by atoms with E-state index in [1.54, 1.807) is 0 Å². The van der Waals surface area contributed by atoms with Crippen LogP contribution in [0.3, 0.4) is 0 Å². The van der Waals surface area contributed by atoms with Gasteiger partial charge in [0.05, 0.1) is 91.9 Å². The van der Waals surface area contributed by atoms with Gasteiger partial charge in [0, 0.05) is 6.92 Å². The second-order valence-corrected chi connectivity index (χ2v) is 34.2. The molecule has 62 nitrogen and oxygen atoms in total. The Bertz CT molecular complexity index is 3540. The monoisotopic (exact) mass is 2010 g/mol. The van der Waals surface area contributed by atoms with Crippen molar-refractivity contribution >= 4 is 5.91 Å². The van der Waals surface area contributed by atoms with E-state index in [0.717, 1.165) is 6.92 Å². The minimum Gasteiger partial charge on any atom is -0.394 e. The van der Waals surface area contributed by atoms with Crippen molar-refractivity contribution in [1.82, 2.24) is 5.32 Å². The molecule has 11 aliphatic heterocycles. The summed E-state index contributed by atoms with van der Waals surface area (Å²) in [6, 6.07) is -1.85. The predicted molar refractivity (Wildman–Crippen MR) is 409 cm³/mol. The number of carbonyl (C=O) groups excluding carboxylic acids is 1. The molecule has 11 fully saturated rings. The van der Waals surface area contributed by atoms with Gasteiger partial charge in [-0.05, 0) is 0 Å². The third-order valence-corrected chi connectivity index (χ3v) is 25.1. The minimum absolute atomic E-state index is 0.908.